The highest BCUT2D eigenvalue weighted by molar-refractivity contribution is 7.90. The summed E-state index contributed by atoms with van der Waals surface area (Å²) in [7, 11) is -3.03. The molecule has 0 saturated carbocycles. The molecule has 2 nitrogen and oxygen atoms in total. The lowest BCUT2D eigenvalue weighted by atomic mass is 10.0. The van der Waals surface area contributed by atoms with Crippen molar-refractivity contribution in [2.24, 2.45) is 0 Å². The minimum absolute atomic E-state index is 0.0154. The fraction of sp³-hybridized carbons (Fsp3) is 0.455. The Morgan fingerprint density at radius 2 is 1.93 bits per heavy atom. The molecule has 1 aromatic carbocycles. The van der Waals surface area contributed by atoms with Gasteiger partial charge in [-0.1, -0.05) is 23.8 Å². The fourth-order valence-corrected chi connectivity index (χ4v) is 3.18. The Balaban J connectivity index is 2.97. The standard InChI is InChI=1S/C11H15ClO2S/c1-8-4-5-10(9(2)6-8)11(12)7-15(3,13)14/h4-6,11H,7H2,1-3H3. The number of halogens is 1. The SMILES string of the molecule is Cc1ccc(C(Cl)CS(C)(=O)=O)c(C)c1. The molecule has 0 fully saturated rings. The third-order valence-corrected chi connectivity index (χ3v) is 3.72. The van der Waals surface area contributed by atoms with Crippen LogP contribution in [0.15, 0.2) is 18.2 Å². The molecule has 1 rings (SSSR count). The van der Waals surface area contributed by atoms with Crippen molar-refractivity contribution < 1.29 is 8.42 Å². The van der Waals surface area contributed by atoms with E-state index in [1.54, 1.807) is 0 Å². The number of rotatable bonds is 3. The zero-order chi connectivity index (χ0) is 11.6. The molecule has 0 bridgehead atoms. The Bertz CT molecular complexity index is 452. The summed E-state index contributed by atoms with van der Waals surface area (Å²) in [6.07, 6.45) is 1.20. The van der Waals surface area contributed by atoms with E-state index in [-0.39, 0.29) is 5.75 Å². The monoisotopic (exact) mass is 246 g/mol. The lowest BCUT2D eigenvalue weighted by Crippen LogP contribution is -2.09. The van der Waals surface area contributed by atoms with E-state index in [4.69, 9.17) is 11.6 Å². The third kappa shape index (κ3) is 3.84. The average molecular weight is 247 g/mol. The van der Waals surface area contributed by atoms with Crippen molar-refractivity contribution >= 4 is 21.4 Å². The van der Waals surface area contributed by atoms with Crippen LogP contribution in [0, 0.1) is 13.8 Å². The normalized spacial score (nSPS) is 13.9. The highest BCUT2D eigenvalue weighted by Crippen LogP contribution is 2.25. The van der Waals surface area contributed by atoms with Crippen LogP contribution in [-0.2, 0) is 9.84 Å². The molecular formula is C11H15ClO2S. The molecule has 4 heteroatoms. The summed E-state index contributed by atoms with van der Waals surface area (Å²) in [5, 5.41) is -0.458. The Hall–Kier alpha value is -0.540. The van der Waals surface area contributed by atoms with Crippen LogP contribution in [0.5, 0.6) is 0 Å². The zero-order valence-corrected chi connectivity index (χ0v) is 10.7. The van der Waals surface area contributed by atoms with Crippen LogP contribution < -0.4 is 0 Å². The van der Waals surface area contributed by atoms with Crippen LogP contribution in [-0.4, -0.2) is 20.4 Å². The first-order valence-electron chi connectivity index (χ1n) is 4.68. The van der Waals surface area contributed by atoms with E-state index in [1.807, 2.05) is 32.0 Å². The Morgan fingerprint density at radius 3 is 2.40 bits per heavy atom. The van der Waals surface area contributed by atoms with Gasteiger partial charge in [-0.25, -0.2) is 8.42 Å². The van der Waals surface area contributed by atoms with Crippen molar-refractivity contribution in [2.75, 3.05) is 12.0 Å². The van der Waals surface area contributed by atoms with E-state index < -0.39 is 15.2 Å². The van der Waals surface area contributed by atoms with E-state index in [0.717, 1.165) is 16.7 Å². The molecule has 0 radical (unpaired) electrons. The highest BCUT2D eigenvalue weighted by Gasteiger charge is 2.16. The molecule has 0 aliphatic rings. The first-order valence-corrected chi connectivity index (χ1v) is 7.18. The smallest absolute Gasteiger partial charge is 0.149 e. The van der Waals surface area contributed by atoms with Gasteiger partial charge >= 0.3 is 0 Å². The molecule has 0 aromatic heterocycles. The van der Waals surface area contributed by atoms with Crippen molar-refractivity contribution in [3.8, 4) is 0 Å². The van der Waals surface area contributed by atoms with E-state index >= 15 is 0 Å². The van der Waals surface area contributed by atoms with Crippen LogP contribution in [0.4, 0.5) is 0 Å². The lowest BCUT2D eigenvalue weighted by molar-refractivity contribution is 0.600. The molecule has 0 N–H and O–H groups in total. The molecule has 1 aromatic rings. The van der Waals surface area contributed by atoms with Crippen molar-refractivity contribution in [2.45, 2.75) is 19.2 Å². The molecule has 1 unspecified atom stereocenters. The van der Waals surface area contributed by atoms with Crippen LogP contribution >= 0.6 is 11.6 Å². The first-order chi connectivity index (χ1) is 6.79. The topological polar surface area (TPSA) is 34.1 Å². The number of sulfone groups is 1. The molecule has 1 atom stereocenters. The van der Waals surface area contributed by atoms with Gasteiger partial charge in [-0.15, -0.1) is 11.6 Å². The maximum absolute atomic E-state index is 11.1. The molecule has 0 amide bonds. The minimum Gasteiger partial charge on any atom is -0.229 e. The summed E-state index contributed by atoms with van der Waals surface area (Å²) in [5.41, 5.74) is 3.09. The largest absolute Gasteiger partial charge is 0.229 e. The second-order valence-electron chi connectivity index (χ2n) is 3.92. The first kappa shape index (κ1) is 12.5. The molecule has 0 aliphatic carbocycles. The second-order valence-corrected chi connectivity index (χ2v) is 6.63. The fourth-order valence-electron chi connectivity index (χ4n) is 1.53. The van der Waals surface area contributed by atoms with Crippen LogP contribution in [0.25, 0.3) is 0 Å². The molecule has 84 valence electrons. The van der Waals surface area contributed by atoms with Gasteiger partial charge in [-0.05, 0) is 25.0 Å². The summed E-state index contributed by atoms with van der Waals surface area (Å²) in [6, 6.07) is 5.85. The molecular weight excluding hydrogens is 232 g/mol. The highest BCUT2D eigenvalue weighted by atomic mass is 35.5. The number of hydrogen-bond donors (Lipinski definition) is 0. The van der Waals surface area contributed by atoms with Gasteiger partial charge in [0, 0.05) is 6.26 Å². The van der Waals surface area contributed by atoms with Crippen molar-refractivity contribution in [3.63, 3.8) is 0 Å². The van der Waals surface area contributed by atoms with Gasteiger partial charge < -0.3 is 0 Å². The lowest BCUT2D eigenvalue weighted by Gasteiger charge is -2.12. The number of hydrogen-bond acceptors (Lipinski definition) is 2. The van der Waals surface area contributed by atoms with Crippen LogP contribution in [0.1, 0.15) is 22.1 Å². The molecule has 15 heavy (non-hydrogen) atoms. The predicted molar refractivity (Wildman–Crippen MR) is 64.2 cm³/mol. The predicted octanol–water partition coefficient (Wildman–Crippen LogP) is 2.63. The number of aryl methyl sites for hydroxylation is 2. The maximum atomic E-state index is 11.1. The second kappa shape index (κ2) is 4.54. The van der Waals surface area contributed by atoms with Crippen LogP contribution in [0.2, 0.25) is 0 Å². The average Bonchev–Trinajstić information content (AvgIpc) is 1.99. The van der Waals surface area contributed by atoms with Gasteiger partial charge in [0.15, 0.2) is 0 Å². The zero-order valence-electron chi connectivity index (χ0n) is 9.12. The van der Waals surface area contributed by atoms with Crippen molar-refractivity contribution in [3.05, 3.63) is 34.9 Å². The summed E-state index contributed by atoms with van der Waals surface area (Å²) < 4.78 is 22.2. The van der Waals surface area contributed by atoms with Gasteiger partial charge in [-0.3, -0.25) is 0 Å². The van der Waals surface area contributed by atoms with E-state index in [2.05, 4.69) is 0 Å². The summed E-state index contributed by atoms with van der Waals surface area (Å²) in [5.74, 6) is -0.0154. The Labute approximate surface area is 96.2 Å². The van der Waals surface area contributed by atoms with Crippen LogP contribution in [0.3, 0.4) is 0 Å². The van der Waals surface area contributed by atoms with Gasteiger partial charge in [-0.2, -0.15) is 0 Å². The number of alkyl halides is 1. The third-order valence-electron chi connectivity index (χ3n) is 2.21. The number of benzene rings is 1. The maximum Gasteiger partial charge on any atom is 0.149 e. The van der Waals surface area contributed by atoms with E-state index in [9.17, 15) is 8.42 Å². The molecule has 0 spiro atoms. The van der Waals surface area contributed by atoms with E-state index in [1.165, 1.54) is 6.26 Å². The summed E-state index contributed by atoms with van der Waals surface area (Å²) >= 11 is 6.07. The minimum atomic E-state index is -3.03. The van der Waals surface area contributed by atoms with Crippen molar-refractivity contribution in [1.29, 1.82) is 0 Å². The van der Waals surface area contributed by atoms with Gasteiger partial charge in [0.2, 0.25) is 0 Å². The van der Waals surface area contributed by atoms with Gasteiger partial charge in [0.1, 0.15) is 9.84 Å². The Morgan fingerprint density at radius 1 is 1.33 bits per heavy atom. The molecule has 0 saturated heterocycles. The van der Waals surface area contributed by atoms with E-state index in [0.29, 0.717) is 0 Å². The Kier molecular flexibility index (Phi) is 3.79. The summed E-state index contributed by atoms with van der Waals surface area (Å²) in [4.78, 5) is 0. The molecule has 0 aliphatic heterocycles. The van der Waals surface area contributed by atoms with Gasteiger partial charge in [0.05, 0.1) is 11.1 Å². The van der Waals surface area contributed by atoms with Gasteiger partial charge in [0.25, 0.3) is 0 Å². The summed E-state index contributed by atoms with van der Waals surface area (Å²) in [6.45, 7) is 3.94. The molecule has 0 heterocycles. The quantitative estimate of drug-likeness (QED) is 0.769. The van der Waals surface area contributed by atoms with Crippen molar-refractivity contribution in [1.82, 2.24) is 0 Å².